The van der Waals surface area contributed by atoms with Gasteiger partial charge in [-0.2, -0.15) is 5.26 Å². The maximum Gasteiger partial charge on any atom is 0.266 e. The van der Waals surface area contributed by atoms with E-state index in [1.54, 1.807) is 0 Å². The van der Waals surface area contributed by atoms with Crippen molar-refractivity contribution in [3.05, 3.63) is 57.2 Å². The van der Waals surface area contributed by atoms with Gasteiger partial charge in [0.05, 0.1) is 5.69 Å². The first-order chi connectivity index (χ1) is 16.0. The van der Waals surface area contributed by atoms with E-state index in [0.717, 1.165) is 10.6 Å². The van der Waals surface area contributed by atoms with Crippen molar-refractivity contribution in [3.63, 3.8) is 0 Å². The van der Waals surface area contributed by atoms with E-state index in [1.807, 2.05) is 46.7 Å². The maximum atomic E-state index is 13.4. The molecule has 4 aromatic rings. The molecule has 0 aliphatic carbocycles. The van der Waals surface area contributed by atoms with Gasteiger partial charge in [0.25, 0.3) is 5.91 Å². The van der Waals surface area contributed by atoms with E-state index in [-0.39, 0.29) is 17.3 Å². The van der Waals surface area contributed by atoms with Crippen LogP contribution < -0.4 is 16.4 Å². The lowest BCUT2D eigenvalue weighted by atomic mass is 10.0. The Morgan fingerprint density at radius 2 is 1.94 bits per heavy atom. The highest BCUT2D eigenvalue weighted by Crippen LogP contribution is 2.44. The second kappa shape index (κ2) is 8.56. The number of carbonyl (C=O) groups excluding carboxylic acids is 1. The minimum Gasteiger partial charge on any atom is -0.397 e. The molecule has 166 valence electrons. The molecule has 0 unspecified atom stereocenters. The van der Waals surface area contributed by atoms with Crippen molar-refractivity contribution in [2.45, 2.75) is 0 Å². The Bertz CT molecular complexity index is 1400. The van der Waals surface area contributed by atoms with Gasteiger partial charge in [-0.3, -0.25) is 4.79 Å². The fourth-order valence-corrected chi connectivity index (χ4v) is 6.14. The lowest BCUT2D eigenvalue weighted by molar-refractivity contribution is 0.0752. The smallest absolute Gasteiger partial charge is 0.266 e. The van der Waals surface area contributed by atoms with Crippen LogP contribution in [-0.2, 0) is 0 Å². The molecule has 0 bridgehead atoms. The average Bonchev–Trinajstić information content (AvgIpc) is 3.46. The zero-order chi connectivity index (χ0) is 23.1. The van der Waals surface area contributed by atoms with Gasteiger partial charge < -0.3 is 21.3 Å². The quantitative estimate of drug-likeness (QED) is 0.427. The summed E-state index contributed by atoms with van der Waals surface area (Å²) >= 11 is 8.84. The molecule has 10 heteroatoms. The summed E-state index contributed by atoms with van der Waals surface area (Å²) in [7, 11) is 0. The van der Waals surface area contributed by atoms with Gasteiger partial charge in [0.1, 0.15) is 27.2 Å². The third-order valence-electron chi connectivity index (χ3n) is 5.72. The van der Waals surface area contributed by atoms with E-state index in [0.29, 0.717) is 57.5 Å². The molecule has 1 saturated heterocycles. The van der Waals surface area contributed by atoms with Crippen LogP contribution in [0.25, 0.3) is 20.7 Å². The van der Waals surface area contributed by atoms with Crippen LogP contribution in [0.5, 0.6) is 0 Å². The number of nitrogen functional groups attached to an aromatic ring is 2. The standard InChI is InChI=1S/C23H19ClN6OS2/c24-13-3-1-4-14(11-13)29-6-8-30(9-7-29)23(31)20-19(26)18-17(16-5-2-10-32-16)15(12-25)21(27)28-22(18)33-20/h1-5,10-11H,6-9,26H2,(H2,27,28). The molecule has 1 aromatic carbocycles. The fraction of sp³-hybridized carbons (Fsp3) is 0.174. The van der Waals surface area contributed by atoms with Gasteiger partial charge in [0.2, 0.25) is 0 Å². The molecule has 33 heavy (non-hydrogen) atoms. The third kappa shape index (κ3) is 3.76. The molecule has 1 aliphatic rings. The molecule has 7 nitrogen and oxygen atoms in total. The minimum absolute atomic E-state index is 0.129. The topological polar surface area (TPSA) is 112 Å². The van der Waals surface area contributed by atoms with Crippen molar-refractivity contribution in [3.8, 4) is 16.5 Å². The number of pyridine rings is 1. The molecule has 0 radical (unpaired) electrons. The number of rotatable bonds is 3. The maximum absolute atomic E-state index is 13.4. The largest absolute Gasteiger partial charge is 0.397 e. The summed E-state index contributed by atoms with van der Waals surface area (Å²) in [6, 6.07) is 13.7. The molecule has 3 aromatic heterocycles. The van der Waals surface area contributed by atoms with Crippen molar-refractivity contribution in [1.82, 2.24) is 9.88 Å². The Morgan fingerprint density at radius 3 is 2.61 bits per heavy atom. The van der Waals surface area contributed by atoms with Gasteiger partial charge in [-0.15, -0.1) is 22.7 Å². The van der Waals surface area contributed by atoms with Crippen LogP contribution in [0.1, 0.15) is 15.2 Å². The van der Waals surface area contributed by atoms with Gasteiger partial charge in [0, 0.05) is 52.7 Å². The highest BCUT2D eigenvalue weighted by Gasteiger charge is 2.29. The van der Waals surface area contributed by atoms with Gasteiger partial charge in [0.15, 0.2) is 0 Å². The number of amides is 1. The molecular weight excluding hydrogens is 476 g/mol. The Balaban J connectivity index is 1.47. The van der Waals surface area contributed by atoms with Crippen LogP contribution in [0, 0.1) is 11.3 Å². The highest BCUT2D eigenvalue weighted by atomic mass is 35.5. The normalized spacial score (nSPS) is 13.9. The summed E-state index contributed by atoms with van der Waals surface area (Å²) in [5.41, 5.74) is 14.9. The number of hydrogen-bond acceptors (Lipinski definition) is 8. The van der Waals surface area contributed by atoms with E-state index in [9.17, 15) is 10.1 Å². The molecule has 0 atom stereocenters. The van der Waals surface area contributed by atoms with Crippen molar-refractivity contribution < 1.29 is 4.79 Å². The average molecular weight is 495 g/mol. The molecule has 4 heterocycles. The third-order valence-corrected chi connectivity index (χ3v) is 7.93. The zero-order valence-corrected chi connectivity index (χ0v) is 19.8. The second-order valence-corrected chi connectivity index (χ2v) is 10.0. The number of anilines is 3. The first-order valence-corrected chi connectivity index (χ1v) is 12.3. The molecule has 0 spiro atoms. The minimum atomic E-state index is -0.129. The van der Waals surface area contributed by atoms with Crippen molar-refractivity contribution in [2.75, 3.05) is 42.5 Å². The second-order valence-electron chi connectivity index (χ2n) is 7.62. The SMILES string of the molecule is N#Cc1c(N)nc2sc(C(=O)N3CCN(c4cccc(Cl)c4)CC3)c(N)c2c1-c1cccs1. The lowest BCUT2D eigenvalue weighted by Crippen LogP contribution is -2.48. The summed E-state index contributed by atoms with van der Waals surface area (Å²) < 4.78 is 0. The van der Waals surface area contributed by atoms with E-state index in [2.05, 4.69) is 16.0 Å². The number of aromatic nitrogens is 1. The number of benzene rings is 1. The summed E-state index contributed by atoms with van der Waals surface area (Å²) in [5, 5.41) is 12.9. The molecule has 4 N–H and O–H groups in total. The molecular formula is C23H19ClN6OS2. The van der Waals surface area contributed by atoms with Gasteiger partial charge >= 0.3 is 0 Å². The van der Waals surface area contributed by atoms with Crippen LogP contribution in [-0.4, -0.2) is 42.0 Å². The van der Waals surface area contributed by atoms with Crippen LogP contribution in [0.2, 0.25) is 5.02 Å². The molecule has 1 amide bonds. The van der Waals surface area contributed by atoms with E-state index >= 15 is 0 Å². The van der Waals surface area contributed by atoms with Gasteiger partial charge in [-0.1, -0.05) is 23.7 Å². The first kappa shape index (κ1) is 21.5. The Labute approximate surface area is 203 Å². The molecule has 1 aliphatic heterocycles. The molecule has 1 fully saturated rings. The summed E-state index contributed by atoms with van der Waals surface area (Å²) in [4.78, 5) is 23.7. The number of thiophene rings is 2. The number of halogens is 1. The number of fused-ring (bicyclic) bond motifs is 1. The summed E-state index contributed by atoms with van der Waals surface area (Å²) in [6.07, 6.45) is 0. The van der Waals surface area contributed by atoms with Gasteiger partial charge in [-0.05, 0) is 29.6 Å². The number of nitriles is 1. The monoisotopic (exact) mass is 494 g/mol. The number of piperazine rings is 1. The Morgan fingerprint density at radius 1 is 1.15 bits per heavy atom. The predicted molar refractivity (Wildman–Crippen MR) is 136 cm³/mol. The lowest BCUT2D eigenvalue weighted by Gasteiger charge is -2.36. The Kier molecular flexibility index (Phi) is 5.58. The summed E-state index contributed by atoms with van der Waals surface area (Å²) in [6.45, 7) is 2.52. The highest BCUT2D eigenvalue weighted by molar-refractivity contribution is 7.21. The number of nitrogens with two attached hydrogens (primary N) is 2. The molecule has 0 saturated carbocycles. The predicted octanol–water partition coefficient (Wildman–Crippen LogP) is 4.68. The number of hydrogen-bond donors (Lipinski definition) is 2. The van der Waals surface area contributed by atoms with Crippen LogP contribution in [0.3, 0.4) is 0 Å². The zero-order valence-electron chi connectivity index (χ0n) is 17.4. The van der Waals surface area contributed by atoms with Crippen molar-refractivity contribution in [1.29, 1.82) is 5.26 Å². The first-order valence-electron chi connectivity index (χ1n) is 10.2. The van der Waals surface area contributed by atoms with E-state index < -0.39 is 0 Å². The van der Waals surface area contributed by atoms with Crippen LogP contribution in [0.15, 0.2) is 41.8 Å². The number of carbonyl (C=O) groups is 1. The Hall–Kier alpha value is -3.32. The van der Waals surface area contributed by atoms with Crippen molar-refractivity contribution >= 4 is 67.6 Å². The van der Waals surface area contributed by atoms with Crippen molar-refractivity contribution in [2.24, 2.45) is 0 Å². The number of nitrogens with zero attached hydrogens (tertiary/aromatic N) is 4. The van der Waals surface area contributed by atoms with E-state index in [4.69, 9.17) is 23.1 Å². The fourth-order valence-electron chi connectivity index (χ4n) is 4.09. The molecule has 5 rings (SSSR count). The summed E-state index contributed by atoms with van der Waals surface area (Å²) in [5.74, 6) is 0.0132. The van der Waals surface area contributed by atoms with Gasteiger partial charge in [-0.25, -0.2) is 4.98 Å². The van der Waals surface area contributed by atoms with Crippen LogP contribution >= 0.6 is 34.3 Å². The van der Waals surface area contributed by atoms with E-state index in [1.165, 1.54) is 22.7 Å². The van der Waals surface area contributed by atoms with Crippen LogP contribution in [0.4, 0.5) is 17.2 Å².